The normalized spacial score (nSPS) is 12.7. The summed E-state index contributed by atoms with van der Waals surface area (Å²) < 4.78 is 2.17. The summed E-state index contributed by atoms with van der Waals surface area (Å²) >= 11 is 0. The fourth-order valence-electron chi connectivity index (χ4n) is 4.14. The molecule has 5 nitrogen and oxygen atoms in total. The molecule has 1 aliphatic heterocycles. The molecule has 4 rings (SSSR count). The van der Waals surface area contributed by atoms with Gasteiger partial charge in [0.25, 0.3) is 5.91 Å². The third-order valence-electron chi connectivity index (χ3n) is 5.75. The third-order valence-corrected chi connectivity index (χ3v) is 5.75. The minimum atomic E-state index is -0.0919. The lowest BCUT2D eigenvalue weighted by molar-refractivity contribution is -0.118. The number of fused-ring (bicyclic) bond motifs is 1. The van der Waals surface area contributed by atoms with Gasteiger partial charge in [-0.1, -0.05) is 19.1 Å². The molecule has 5 heteroatoms. The number of aryl methyl sites for hydroxylation is 2. The minimum Gasteiger partial charge on any atom is -0.348 e. The molecule has 1 aliphatic rings. The zero-order chi connectivity index (χ0) is 21.3. The maximum Gasteiger partial charge on any atom is 0.251 e. The van der Waals surface area contributed by atoms with Crippen LogP contribution in [0.2, 0.25) is 0 Å². The Labute approximate surface area is 177 Å². The van der Waals surface area contributed by atoms with Crippen LogP contribution >= 0.6 is 0 Å². The molecule has 0 fully saturated rings. The highest BCUT2D eigenvalue weighted by Crippen LogP contribution is 2.29. The summed E-state index contributed by atoms with van der Waals surface area (Å²) in [6.45, 7) is 7.23. The highest BCUT2D eigenvalue weighted by Gasteiger charge is 2.23. The van der Waals surface area contributed by atoms with E-state index < -0.39 is 0 Å². The van der Waals surface area contributed by atoms with Crippen LogP contribution in [0.4, 0.5) is 5.69 Å². The molecule has 1 N–H and O–H groups in total. The fourth-order valence-corrected chi connectivity index (χ4v) is 4.14. The summed E-state index contributed by atoms with van der Waals surface area (Å²) in [5, 5.41) is 3.00. The van der Waals surface area contributed by atoms with Gasteiger partial charge in [0.05, 0.1) is 0 Å². The molecule has 0 saturated carbocycles. The second kappa shape index (κ2) is 8.19. The molecule has 0 radical (unpaired) electrons. The van der Waals surface area contributed by atoms with Crippen LogP contribution in [0.1, 0.15) is 46.2 Å². The quantitative estimate of drug-likeness (QED) is 0.692. The Kier molecular flexibility index (Phi) is 5.44. The summed E-state index contributed by atoms with van der Waals surface area (Å²) in [4.78, 5) is 26.5. The van der Waals surface area contributed by atoms with Crippen LogP contribution in [0.15, 0.2) is 54.6 Å². The molecular weight excluding hydrogens is 374 g/mol. The number of nitrogens with one attached hydrogen (secondary N) is 1. The number of benzene rings is 2. The predicted molar refractivity (Wildman–Crippen MR) is 119 cm³/mol. The van der Waals surface area contributed by atoms with Gasteiger partial charge >= 0.3 is 0 Å². The van der Waals surface area contributed by atoms with Gasteiger partial charge in [-0.3, -0.25) is 9.59 Å². The lowest BCUT2D eigenvalue weighted by atomic mass is 10.1. The number of aromatic nitrogens is 1. The Balaban J connectivity index is 1.41. The summed E-state index contributed by atoms with van der Waals surface area (Å²) in [5.74, 6) is 0.0642. The van der Waals surface area contributed by atoms with Crippen molar-refractivity contribution >= 4 is 17.5 Å². The van der Waals surface area contributed by atoms with Crippen molar-refractivity contribution in [1.82, 2.24) is 9.88 Å². The van der Waals surface area contributed by atoms with Crippen LogP contribution in [0, 0.1) is 13.8 Å². The molecule has 2 heterocycles. The number of hydrogen-bond donors (Lipinski definition) is 1. The molecule has 0 atom stereocenters. The van der Waals surface area contributed by atoms with Crippen LogP contribution in [0.25, 0.3) is 5.69 Å². The van der Waals surface area contributed by atoms with E-state index in [4.69, 9.17) is 0 Å². The van der Waals surface area contributed by atoms with Crippen LogP contribution in [0.3, 0.4) is 0 Å². The predicted octanol–water partition coefficient (Wildman–Crippen LogP) is 4.32. The minimum absolute atomic E-state index is 0.0919. The Hall–Kier alpha value is -3.34. The van der Waals surface area contributed by atoms with Crippen molar-refractivity contribution in [3.8, 4) is 5.69 Å². The van der Waals surface area contributed by atoms with Gasteiger partial charge in [-0.2, -0.15) is 0 Å². The van der Waals surface area contributed by atoms with Crippen LogP contribution in [-0.2, 0) is 17.8 Å². The Morgan fingerprint density at radius 1 is 0.967 bits per heavy atom. The van der Waals surface area contributed by atoms with Crippen LogP contribution in [0.5, 0.6) is 0 Å². The highest BCUT2D eigenvalue weighted by atomic mass is 16.2. The summed E-state index contributed by atoms with van der Waals surface area (Å²) in [7, 11) is 0. The number of amides is 2. The van der Waals surface area contributed by atoms with Gasteiger partial charge in [0.2, 0.25) is 5.91 Å². The standard InChI is InChI=1S/C25H27N3O2/c1-4-24(29)27-14-13-21-15-19(7-12-23(21)27)16-26-25(30)20-8-10-22(11-9-20)28-17(2)5-6-18(28)3/h5-12,15H,4,13-14,16H2,1-3H3,(H,26,30). The smallest absolute Gasteiger partial charge is 0.251 e. The van der Waals surface area contributed by atoms with Gasteiger partial charge in [-0.15, -0.1) is 0 Å². The molecule has 0 unspecified atom stereocenters. The van der Waals surface area contributed by atoms with E-state index in [1.807, 2.05) is 48.2 Å². The number of anilines is 1. The van der Waals surface area contributed by atoms with Crippen molar-refractivity contribution in [3.05, 3.63) is 82.7 Å². The monoisotopic (exact) mass is 401 g/mol. The molecule has 1 aromatic heterocycles. The first-order chi connectivity index (χ1) is 14.5. The summed E-state index contributed by atoms with van der Waals surface area (Å²) in [5.41, 5.74) is 7.25. The average molecular weight is 402 g/mol. The zero-order valence-corrected chi connectivity index (χ0v) is 17.7. The molecule has 0 spiro atoms. The number of hydrogen-bond acceptors (Lipinski definition) is 2. The molecular formula is C25H27N3O2. The fraction of sp³-hybridized carbons (Fsp3) is 0.280. The molecule has 3 aromatic rings. The van der Waals surface area contributed by atoms with Gasteiger partial charge in [-0.05, 0) is 73.9 Å². The van der Waals surface area contributed by atoms with E-state index in [2.05, 4.69) is 41.9 Å². The highest BCUT2D eigenvalue weighted by molar-refractivity contribution is 5.95. The first-order valence-electron chi connectivity index (χ1n) is 10.4. The van der Waals surface area contributed by atoms with E-state index in [1.165, 1.54) is 17.0 Å². The van der Waals surface area contributed by atoms with Crippen molar-refractivity contribution in [3.63, 3.8) is 0 Å². The van der Waals surface area contributed by atoms with E-state index in [9.17, 15) is 9.59 Å². The number of nitrogens with zero attached hydrogens (tertiary/aromatic N) is 2. The largest absolute Gasteiger partial charge is 0.348 e. The number of carbonyl (C=O) groups excluding carboxylic acids is 2. The number of rotatable bonds is 5. The first kappa shape index (κ1) is 20.0. The van der Waals surface area contributed by atoms with Gasteiger partial charge in [0, 0.05) is 47.8 Å². The van der Waals surface area contributed by atoms with Gasteiger partial charge in [-0.25, -0.2) is 0 Å². The summed E-state index contributed by atoms with van der Waals surface area (Å²) in [6.07, 6.45) is 1.38. The van der Waals surface area contributed by atoms with Crippen molar-refractivity contribution in [2.75, 3.05) is 11.4 Å². The third kappa shape index (κ3) is 3.75. The molecule has 0 saturated heterocycles. The van der Waals surface area contributed by atoms with Crippen LogP contribution < -0.4 is 10.2 Å². The molecule has 30 heavy (non-hydrogen) atoms. The maximum atomic E-state index is 12.6. The molecule has 0 bridgehead atoms. The van der Waals surface area contributed by atoms with E-state index >= 15 is 0 Å². The average Bonchev–Trinajstić information content (AvgIpc) is 3.34. The van der Waals surface area contributed by atoms with Gasteiger partial charge in [0.1, 0.15) is 0 Å². The second-order valence-electron chi connectivity index (χ2n) is 7.79. The Bertz CT molecular complexity index is 1080. The lowest BCUT2D eigenvalue weighted by Gasteiger charge is -2.16. The van der Waals surface area contributed by atoms with Gasteiger partial charge < -0.3 is 14.8 Å². The molecule has 0 aliphatic carbocycles. The molecule has 154 valence electrons. The molecule has 2 amide bonds. The second-order valence-corrected chi connectivity index (χ2v) is 7.79. The number of carbonyl (C=O) groups is 2. The van der Waals surface area contributed by atoms with Gasteiger partial charge in [0.15, 0.2) is 0 Å². The van der Waals surface area contributed by atoms with E-state index in [-0.39, 0.29) is 11.8 Å². The Morgan fingerprint density at radius 3 is 2.33 bits per heavy atom. The van der Waals surface area contributed by atoms with Crippen molar-refractivity contribution in [2.45, 2.75) is 40.2 Å². The lowest BCUT2D eigenvalue weighted by Crippen LogP contribution is -2.27. The Morgan fingerprint density at radius 2 is 1.67 bits per heavy atom. The maximum absolute atomic E-state index is 12.6. The van der Waals surface area contributed by atoms with Crippen molar-refractivity contribution in [1.29, 1.82) is 0 Å². The summed E-state index contributed by atoms with van der Waals surface area (Å²) in [6, 6.07) is 17.9. The molecule has 2 aromatic carbocycles. The van der Waals surface area contributed by atoms with E-state index in [0.717, 1.165) is 29.9 Å². The first-order valence-corrected chi connectivity index (χ1v) is 10.4. The topological polar surface area (TPSA) is 54.3 Å². The van der Waals surface area contributed by atoms with E-state index in [1.54, 1.807) is 0 Å². The van der Waals surface area contributed by atoms with Crippen molar-refractivity contribution in [2.24, 2.45) is 0 Å². The van der Waals surface area contributed by atoms with E-state index in [0.29, 0.717) is 18.5 Å². The SMILES string of the molecule is CCC(=O)N1CCc2cc(CNC(=O)c3ccc(-n4c(C)ccc4C)cc3)ccc21. The van der Waals surface area contributed by atoms with Crippen molar-refractivity contribution < 1.29 is 9.59 Å². The zero-order valence-electron chi connectivity index (χ0n) is 17.7. The van der Waals surface area contributed by atoms with Crippen LogP contribution in [-0.4, -0.2) is 22.9 Å².